The number of carbonyl (C=O) groups excluding carboxylic acids is 2. The van der Waals surface area contributed by atoms with Gasteiger partial charge in [0.25, 0.3) is 5.91 Å². The monoisotopic (exact) mass is 309 g/mol. The topological polar surface area (TPSA) is 73.9 Å². The first-order valence-corrected chi connectivity index (χ1v) is 7.10. The molecule has 0 aliphatic carbocycles. The number of hydrogen-bond acceptors (Lipinski definition) is 5. The highest BCUT2D eigenvalue weighted by Gasteiger charge is 2.17. The molecular formula is C16H23NO5. The third-order valence-corrected chi connectivity index (χ3v) is 2.96. The van der Waals surface area contributed by atoms with Gasteiger partial charge in [0, 0.05) is 13.7 Å². The van der Waals surface area contributed by atoms with E-state index in [0.717, 1.165) is 11.1 Å². The SMILES string of the molecule is COCCNC(=O)[C@@H](C)OC(=O)COc1ccc(C)cc1C. The van der Waals surface area contributed by atoms with Crippen LogP contribution in [0, 0.1) is 13.8 Å². The van der Waals surface area contributed by atoms with E-state index in [1.54, 1.807) is 13.2 Å². The fourth-order valence-electron chi connectivity index (χ4n) is 1.80. The number of benzene rings is 1. The van der Waals surface area contributed by atoms with Crippen LogP contribution < -0.4 is 10.1 Å². The summed E-state index contributed by atoms with van der Waals surface area (Å²) in [6.07, 6.45) is -0.868. The fraction of sp³-hybridized carbons (Fsp3) is 0.500. The van der Waals surface area contributed by atoms with Gasteiger partial charge in [-0.3, -0.25) is 4.79 Å². The first kappa shape index (κ1) is 18.0. The number of methoxy groups -OCH3 is 1. The molecule has 0 aliphatic rings. The smallest absolute Gasteiger partial charge is 0.344 e. The summed E-state index contributed by atoms with van der Waals surface area (Å²) in [6.45, 7) is 5.93. The molecule has 0 fully saturated rings. The van der Waals surface area contributed by atoms with E-state index in [4.69, 9.17) is 14.2 Å². The summed E-state index contributed by atoms with van der Waals surface area (Å²) in [4.78, 5) is 23.3. The molecule has 0 saturated heterocycles. The zero-order valence-electron chi connectivity index (χ0n) is 13.5. The van der Waals surface area contributed by atoms with Crippen molar-refractivity contribution in [2.75, 3.05) is 26.9 Å². The van der Waals surface area contributed by atoms with Crippen LogP contribution in [0.1, 0.15) is 18.1 Å². The summed E-state index contributed by atoms with van der Waals surface area (Å²) in [6, 6.07) is 5.67. The van der Waals surface area contributed by atoms with E-state index < -0.39 is 12.1 Å². The lowest BCUT2D eigenvalue weighted by Crippen LogP contribution is -2.38. The molecule has 1 amide bonds. The molecule has 0 aliphatic heterocycles. The molecule has 1 rings (SSSR count). The van der Waals surface area contributed by atoms with Gasteiger partial charge in [0.1, 0.15) is 5.75 Å². The van der Waals surface area contributed by atoms with Gasteiger partial charge in [-0.05, 0) is 32.4 Å². The maximum absolute atomic E-state index is 11.7. The van der Waals surface area contributed by atoms with Gasteiger partial charge in [0.05, 0.1) is 6.61 Å². The van der Waals surface area contributed by atoms with Crippen LogP contribution in [0.2, 0.25) is 0 Å². The van der Waals surface area contributed by atoms with E-state index in [-0.39, 0.29) is 12.5 Å². The van der Waals surface area contributed by atoms with Gasteiger partial charge >= 0.3 is 5.97 Å². The number of carbonyl (C=O) groups is 2. The molecule has 0 heterocycles. The van der Waals surface area contributed by atoms with Crippen molar-refractivity contribution in [1.82, 2.24) is 5.32 Å². The van der Waals surface area contributed by atoms with Crippen molar-refractivity contribution >= 4 is 11.9 Å². The third-order valence-electron chi connectivity index (χ3n) is 2.96. The second-order valence-corrected chi connectivity index (χ2v) is 4.97. The zero-order valence-corrected chi connectivity index (χ0v) is 13.5. The summed E-state index contributed by atoms with van der Waals surface area (Å²) >= 11 is 0. The molecule has 0 unspecified atom stereocenters. The second kappa shape index (κ2) is 9.04. The Balaban J connectivity index is 2.37. The maximum Gasteiger partial charge on any atom is 0.344 e. The van der Waals surface area contributed by atoms with Gasteiger partial charge in [-0.2, -0.15) is 0 Å². The number of amides is 1. The summed E-state index contributed by atoms with van der Waals surface area (Å²) in [7, 11) is 1.54. The van der Waals surface area contributed by atoms with Crippen LogP contribution in [0.4, 0.5) is 0 Å². The average Bonchev–Trinajstić information content (AvgIpc) is 2.46. The molecule has 6 nitrogen and oxygen atoms in total. The summed E-state index contributed by atoms with van der Waals surface area (Å²) < 4.78 is 15.2. The van der Waals surface area contributed by atoms with Crippen molar-refractivity contribution in [3.63, 3.8) is 0 Å². The Morgan fingerprint density at radius 2 is 2.00 bits per heavy atom. The predicted molar refractivity (Wildman–Crippen MR) is 81.9 cm³/mol. The number of nitrogens with one attached hydrogen (secondary N) is 1. The minimum absolute atomic E-state index is 0.237. The van der Waals surface area contributed by atoms with E-state index in [1.165, 1.54) is 6.92 Å². The van der Waals surface area contributed by atoms with Gasteiger partial charge in [0.2, 0.25) is 0 Å². The Bertz CT molecular complexity index is 515. The van der Waals surface area contributed by atoms with Gasteiger partial charge < -0.3 is 19.5 Å². The Morgan fingerprint density at radius 1 is 1.27 bits per heavy atom. The molecule has 1 aromatic rings. The normalized spacial score (nSPS) is 11.6. The van der Waals surface area contributed by atoms with Crippen LogP contribution in [0.25, 0.3) is 0 Å². The van der Waals surface area contributed by atoms with Gasteiger partial charge in [-0.1, -0.05) is 17.7 Å². The van der Waals surface area contributed by atoms with Gasteiger partial charge in [0.15, 0.2) is 12.7 Å². The zero-order chi connectivity index (χ0) is 16.5. The van der Waals surface area contributed by atoms with E-state index in [9.17, 15) is 9.59 Å². The minimum Gasteiger partial charge on any atom is -0.482 e. The molecular weight excluding hydrogens is 286 g/mol. The lowest BCUT2D eigenvalue weighted by atomic mass is 10.1. The Kier molecular flexibility index (Phi) is 7.39. The first-order chi connectivity index (χ1) is 10.4. The molecule has 0 aromatic heterocycles. The molecule has 1 atom stereocenters. The Labute approximate surface area is 130 Å². The van der Waals surface area contributed by atoms with Crippen LogP contribution >= 0.6 is 0 Å². The number of rotatable bonds is 8. The molecule has 0 saturated carbocycles. The highest BCUT2D eigenvalue weighted by atomic mass is 16.6. The lowest BCUT2D eigenvalue weighted by molar-refractivity contribution is -0.156. The number of aryl methyl sites for hydroxylation is 2. The van der Waals surface area contributed by atoms with Gasteiger partial charge in [-0.25, -0.2) is 4.79 Å². The second-order valence-electron chi connectivity index (χ2n) is 4.97. The summed E-state index contributed by atoms with van der Waals surface area (Å²) in [5, 5.41) is 2.60. The van der Waals surface area contributed by atoms with Crippen molar-refractivity contribution < 1.29 is 23.8 Å². The van der Waals surface area contributed by atoms with Crippen molar-refractivity contribution in [2.24, 2.45) is 0 Å². The van der Waals surface area contributed by atoms with Crippen LogP contribution in [-0.2, 0) is 19.1 Å². The van der Waals surface area contributed by atoms with Crippen LogP contribution in [0.15, 0.2) is 18.2 Å². The Hall–Kier alpha value is -2.08. The molecule has 22 heavy (non-hydrogen) atoms. The lowest BCUT2D eigenvalue weighted by Gasteiger charge is -2.14. The molecule has 6 heteroatoms. The molecule has 0 bridgehead atoms. The van der Waals surface area contributed by atoms with Crippen molar-refractivity contribution in [3.8, 4) is 5.75 Å². The van der Waals surface area contributed by atoms with E-state index in [1.807, 2.05) is 26.0 Å². The highest BCUT2D eigenvalue weighted by Crippen LogP contribution is 2.18. The third kappa shape index (κ3) is 6.13. The van der Waals surface area contributed by atoms with E-state index in [0.29, 0.717) is 18.9 Å². The number of esters is 1. The summed E-state index contributed by atoms with van der Waals surface area (Å²) in [5.41, 5.74) is 2.06. The van der Waals surface area contributed by atoms with Gasteiger partial charge in [-0.15, -0.1) is 0 Å². The molecule has 0 radical (unpaired) electrons. The largest absolute Gasteiger partial charge is 0.482 e. The molecule has 0 spiro atoms. The average molecular weight is 309 g/mol. The van der Waals surface area contributed by atoms with Crippen LogP contribution in [-0.4, -0.2) is 44.8 Å². The molecule has 122 valence electrons. The Morgan fingerprint density at radius 3 is 2.64 bits per heavy atom. The first-order valence-electron chi connectivity index (χ1n) is 7.10. The number of ether oxygens (including phenoxy) is 3. The maximum atomic E-state index is 11.7. The van der Waals surface area contributed by atoms with Crippen molar-refractivity contribution in [1.29, 1.82) is 0 Å². The quantitative estimate of drug-likeness (QED) is 0.580. The standard InChI is InChI=1S/C16H23NO5/c1-11-5-6-14(12(2)9-11)21-10-15(18)22-13(3)16(19)17-7-8-20-4/h5-6,9,13H,7-8,10H2,1-4H3,(H,17,19)/t13-/m1/s1. The van der Waals surface area contributed by atoms with Crippen LogP contribution in [0.5, 0.6) is 5.75 Å². The fourth-order valence-corrected chi connectivity index (χ4v) is 1.80. The summed E-state index contributed by atoms with van der Waals surface area (Å²) in [5.74, 6) is -0.328. The molecule has 1 N–H and O–H groups in total. The van der Waals surface area contributed by atoms with E-state index in [2.05, 4.69) is 5.32 Å². The molecule has 1 aromatic carbocycles. The van der Waals surface area contributed by atoms with Crippen molar-refractivity contribution in [2.45, 2.75) is 26.9 Å². The minimum atomic E-state index is -0.868. The number of hydrogen-bond donors (Lipinski definition) is 1. The van der Waals surface area contributed by atoms with Crippen molar-refractivity contribution in [3.05, 3.63) is 29.3 Å². The van der Waals surface area contributed by atoms with Crippen LogP contribution in [0.3, 0.4) is 0 Å². The predicted octanol–water partition coefficient (Wildman–Crippen LogP) is 1.38. The highest BCUT2D eigenvalue weighted by molar-refractivity contribution is 5.83. The van der Waals surface area contributed by atoms with E-state index >= 15 is 0 Å².